The van der Waals surface area contributed by atoms with Crippen molar-refractivity contribution in [1.29, 1.82) is 0 Å². The fraction of sp³-hybridized carbons (Fsp3) is 0.684. The number of hydrogen-bond acceptors (Lipinski definition) is 1. The number of rotatable bonds is 4. The maximum absolute atomic E-state index is 3.92. The molecule has 3 unspecified atom stereocenters. The monoisotopic (exact) mass is 273 g/mol. The number of nitrogens with one attached hydrogen (secondary N) is 1. The summed E-state index contributed by atoms with van der Waals surface area (Å²) in [5, 5.41) is 3.92. The van der Waals surface area contributed by atoms with Gasteiger partial charge in [-0.3, -0.25) is 0 Å². The molecule has 1 saturated carbocycles. The predicted octanol–water partition coefficient (Wildman–Crippen LogP) is 5.11. The van der Waals surface area contributed by atoms with Crippen molar-refractivity contribution in [2.24, 2.45) is 17.8 Å². The molecule has 1 aromatic carbocycles. The van der Waals surface area contributed by atoms with Gasteiger partial charge in [0, 0.05) is 12.1 Å². The van der Waals surface area contributed by atoms with Crippen molar-refractivity contribution in [3.8, 4) is 0 Å². The summed E-state index contributed by atoms with van der Waals surface area (Å²) in [4.78, 5) is 0. The molecule has 1 aliphatic rings. The molecule has 0 radical (unpaired) electrons. The maximum Gasteiger partial charge on any atom is 0.0294 e. The first-order valence-electron chi connectivity index (χ1n) is 8.30. The lowest BCUT2D eigenvalue weighted by Gasteiger charge is -2.39. The number of benzene rings is 1. The molecule has 1 nitrogen and oxygen atoms in total. The summed E-state index contributed by atoms with van der Waals surface area (Å²) >= 11 is 0. The van der Waals surface area contributed by atoms with Crippen LogP contribution >= 0.6 is 0 Å². The van der Waals surface area contributed by atoms with Crippen LogP contribution in [-0.2, 0) is 0 Å². The maximum atomic E-state index is 3.92. The first kappa shape index (κ1) is 15.6. The minimum atomic E-state index is 0.450. The highest BCUT2D eigenvalue weighted by atomic mass is 15.0. The molecule has 0 aromatic heterocycles. The molecule has 1 fully saturated rings. The zero-order valence-corrected chi connectivity index (χ0v) is 13.8. The molecule has 20 heavy (non-hydrogen) atoms. The van der Waals surface area contributed by atoms with Crippen LogP contribution in [0.3, 0.4) is 0 Å². The second kappa shape index (κ2) is 6.76. The van der Waals surface area contributed by atoms with E-state index in [4.69, 9.17) is 0 Å². The summed E-state index contributed by atoms with van der Waals surface area (Å²) in [6.07, 6.45) is 4.12. The Morgan fingerprint density at radius 1 is 1.15 bits per heavy atom. The Morgan fingerprint density at radius 2 is 1.90 bits per heavy atom. The van der Waals surface area contributed by atoms with Gasteiger partial charge in [0.15, 0.2) is 0 Å². The Bertz CT molecular complexity index is 424. The predicted molar refractivity (Wildman–Crippen MR) is 87.9 cm³/mol. The van der Waals surface area contributed by atoms with E-state index in [0.29, 0.717) is 12.1 Å². The summed E-state index contributed by atoms with van der Waals surface area (Å²) in [5.74, 6) is 2.48. The summed E-state index contributed by atoms with van der Waals surface area (Å²) in [5.41, 5.74) is 2.78. The van der Waals surface area contributed by atoms with E-state index < -0.39 is 0 Å². The Kier molecular flexibility index (Phi) is 5.26. The van der Waals surface area contributed by atoms with Gasteiger partial charge in [0.1, 0.15) is 0 Å². The Hall–Kier alpha value is -0.820. The number of aryl methyl sites for hydroxylation is 1. The highest BCUT2D eigenvalue weighted by molar-refractivity contribution is 5.24. The summed E-state index contributed by atoms with van der Waals surface area (Å²) < 4.78 is 0. The molecule has 1 heteroatoms. The van der Waals surface area contributed by atoms with Gasteiger partial charge in [0.2, 0.25) is 0 Å². The lowest BCUT2D eigenvalue weighted by molar-refractivity contribution is 0.161. The third kappa shape index (κ3) is 3.85. The van der Waals surface area contributed by atoms with Crippen LogP contribution in [0.4, 0.5) is 0 Å². The van der Waals surface area contributed by atoms with Crippen molar-refractivity contribution in [2.45, 2.75) is 66.0 Å². The second-order valence-corrected chi connectivity index (χ2v) is 7.24. The van der Waals surface area contributed by atoms with Gasteiger partial charge in [0.25, 0.3) is 0 Å². The summed E-state index contributed by atoms with van der Waals surface area (Å²) in [6.45, 7) is 11.7. The highest BCUT2D eigenvalue weighted by Gasteiger charge is 2.31. The van der Waals surface area contributed by atoms with Gasteiger partial charge in [0.05, 0.1) is 0 Å². The van der Waals surface area contributed by atoms with E-state index in [1.54, 1.807) is 0 Å². The van der Waals surface area contributed by atoms with Crippen molar-refractivity contribution in [3.63, 3.8) is 0 Å². The molecule has 0 amide bonds. The lowest BCUT2D eigenvalue weighted by atomic mass is 9.73. The van der Waals surface area contributed by atoms with Gasteiger partial charge in [-0.2, -0.15) is 0 Å². The van der Waals surface area contributed by atoms with Crippen LogP contribution in [0.5, 0.6) is 0 Å². The normalized spacial score (nSPS) is 28.6. The molecule has 2 rings (SSSR count). The summed E-state index contributed by atoms with van der Waals surface area (Å²) in [7, 11) is 0. The van der Waals surface area contributed by atoms with Crippen molar-refractivity contribution in [1.82, 2.24) is 5.32 Å². The zero-order valence-electron chi connectivity index (χ0n) is 13.8. The van der Waals surface area contributed by atoms with Gasteiger partial charge < -0.3 is 5.32 Å². The number of hydrogen-bond donors (Lipinski definition) is 1. The molecule has 0 heterocycles. The molecule has 112 valence electrons. The quantitative estimate of drug-likeness (QED) is 0.804. The van der Waals surface area contributed by atoms with E-state index in [9.17, 15) is 0 Å². The molecule has 0 spiro atoms. The van der Waals surface area contributed by atoms with Crippen molar-refractivity contribution >= 4 is 0 Å². The SMILES string of the molecule is Cc1cccc([C@H](C)NC2CC(C)CCC2C(C)C)c1. The molecule has 1 aromatic rings. The van der Waals surface area contributed by atoms with E-state index in [-0.39, 0.29) is 0 Å². The Labute approximate surface area is 125 Å². The average Bonchev–Trinajstić information content (AvgIpc) is 2.38. The molecule has 1 aliphatic carbocycles. The van der Waals surface area contributed by atoms with Crippen molar-refractivity contribution in [2.75, 3.05) is 0 Å². The van der Waals surface area contributed by atoms with Crippen LogP contribution < -0.4 is 5.32 Å². The molecular formula is C19H31N. The summed E-state index contributed by atoms with van der Waals surface area (Å²) in [6, 6.07) is 10.0. The second-order valence-electron chi connectivity index (χ2n) is 7.24. The van der Waals surface area contributed by atoms with E-state index in [1.807, 2.05) is 0 Å². The molecule has 1 N–H and O–H groups in total. The first-order valence-corrected chi connectivity index (χ1v) is 8.30. The minimum Gasteiger partial charge on any atom is -0.307 e. The van der Waals surface area contributed by atoms with Gasteiger partial charge in [-0.1, -0.05) is 57.0 Å². The topological polar surface area (TPSA) is 12.0 Å². The third-order valence-electron chi connectivity index (χ3n) is 5.03. The van der Waals surface area contributed by atoms with E-state index in [1.165, 1.54) is 30.4 Å². The van der Waals surface area contributed by atoms with E-state index in [0.717, 1.165) is 17.8 Å². The zero-order chi connectivity index (χ0) is 14.7. The fourth-order valence-corrected chi connectivity index (χ4v) is 3.75. The van der Waals surface area contributed by atoms with Gasteiger partial charge >= 0.3 is 0 Å². The van der Waals surface area contributed by atoms with Crippen LogP contribution in [0.2, 0.25) is 0 Å². The molecule has 4 atom stereocenters. The molecule has 0 aliphatic heterocycles. The van der Waals surface area contributed by atoms with E-state index in [2.05, 4.69) is 64.2 Å². The average molecular weight is 273 g/mol. The van der Waals surface area contributed by atoms with Gasteiger partial charge in [-0.25, -0.2) is 0 Å². The molecule has 0 bridgehead atoms. The lowest BCUT2D eigenvalue weighted by Crippen LogP contribution is -2.43. The Morgan fingerprint density at radius 3 is 2.55 bits per heavy atom. The minimum absolute atomic E-state index is 0.450. The third-order valence-corrected chi connectivity index (χ3v) is 5.03. The van der Waals surface area contributed by atoms with Crippen molar-refractivity contribution in [3.05, 3.63) is 35.4 Å². The van der Waals surface area contributed by atoms with Gasteiger partial charge in [-0.15, -0.1) is 0 Å². The van der Waals surface area contributed by atoms with Crippen molar-refractivity contribution < 1.29 is 0 Å². The largest absolute Gasteiger partial charge is 0.307 e. The molecular weight excluding hydrogens is 242 g/mol. The van der Waals surface area contributed by atoms with E-state index >= 15 is 0 Å². The molecule has 0 saturated heterocycles. The van der Waals surface area contributed by atoms with Crippen LogP contribution in [0, 0.1) is 24.7 Å². The van der Waals surface area contributed by atoms with Gasteiger partial charge in [-0.05, 0) is 50.0 Å². The smallest absolute Gasteiger partial charge is 0.0294 e. The highest BCUT2D eigenvalue weighted by Crippen LogP contribution is 2.34. The standard InChI is InChI=1S/C19H31N/c1-13(2)18-10-9-15(4)12-19(18)20-16(5)17-8-6-7-14(3)11-17/h6-8,11,13,15-16,18-20H,9-10,12H2,1-5H3/t15?,16-,18?,19?/m0/s1. The van der Waals surface area contributed by atoms with Crippen LogP contribution in [0.15, 0.2) is 24.3 Å². The van der Waals surface area contributed by atoms with Crippen LogP contribution in [0.25, 0.3) is 0 Å². The fourth-order valence-electron chi connectivity index (χ4n) is 3.75. The van der Waals surface area contributed by atoms with Crippen LogP contribution in [0.1, 0.15) is 64.1 Å². The first-order chi connectivity index (χ1) is 9.47. The van der Waals surface area contributed by atoms with Crippen LogP contribution in [-0.4, -0.2) is 6.04 Å². The Balaban J connectivity index is 2.05.